The van der Waals surface area contributed by atoms with Crippen molar-refractivity contribution in [2.24, 2.45) is 5.41 Å². The number of nitrogens with one attached hydrogen (secondary N) is 1. The van der Waals surface area contributed by atoms with Crippen molar-refractivity contribution in [1.29, 1.82) is 0 Å². The molecule has 0 aliphatic carbocycles. The van der Waals surface area contributed by atoms with Gasteiger partial charge in [-0.1, -0.05) is 20.8 Å². The van der Waals surface area contributed by atoms with Crippen LogP contribution in [0.4, 0.5) is 4.79 Å². The second-order valence-electron chi connectivity index (χ2n) is 5.38. The van der Waals surface area contributed by atoms with Gasteiger partial charge in [-0.3, -0.25) is 4.79 Å². The standard InChI is InChI=1S/C12H24N2O3S/c1-12(2,3)9(8-10(15)16)13-11(17)14(4)6-7-18-5/h9H,6-8H2,1-5H3,(H,13,17)(H,15,16). The number of urea groups is 1. The zero-order valence-electron chi connectivity index (χ0n) is 11.8. The lowest BCUT2D eigenvalue weighted by Crippen LogP contribution is -2.49. The van der Waals surface area contributed by atoms with Crippen LogP contribution in [0.25, 0.3) is 0 Å². The Morgan fingerprint density at radius 1 is 1.39 bits per heavy atom. The van der Waals surface area contributed by atoms with E-state index in [0.29, 0.717) is 6.54 Å². The quantitative estimate of drug-likeness (QED) is 0.777. The van der Waals surface area contributed by atoms with Gasteiger partial charge in [0.05, 0.1) is 6.42 Å². The highest BCUT2D eigenvalue weighted by molar-refractivity contribution is 7.98. The Hall–Kier alpha value is -0.910. The van der Waals surface area contributed by atoms with E-state index < -0.39 is 5.97 Å². The van der Waals surface area contributed by atoms with Crippen LogP contribution in [0.3, 0.4) is 0 Å². The molecule has 0 aromatic carbocycles. The molecular weight excluding hydrogens is 252 g/mol. The lowest BCUT2D eigenvalue weighted by atomic mass is 9.85. The lowest BCUT2D eigenvalue weighted by molar-refractivity contribution is -0.138. The highest BCUT2D eigenvalue weighted by atomic mass is 32.2. The van der Waals surface area contributed by atoms with E-state index >= 15 is 0 Å². The summed E-state index contributed by atoms with van der Waals surface area (Å²) < 4.78 is 0. The van der Waals surface area contributed by atoms with Gasteiger partial charge in [0.2, 0.25) is 0 Å². The fourth-order valence-electron chi connectivity index (χ4n) is 1.34. The topological polar surface area (TPSA) is 69.6 Å². The molecule has 106 valence electrons. The molecule has 0 fully saturated rings. The highest BCUT2D eigenvalue weighted by Crippen LogP contribution is 2.22. The minimum atomic E-state index is -0.901. The second kappa shape index (κ2) is 7.51. The molecule has 0 bridgehead atoms. The van der Waals surface area contributed by atoms with E-state index in [9.17, 15) is 9.59 Å². The summed E-state index contributed by atoms with van der Waals surface area (Å²) >= 11 is 1.67. The van der Waals surface area contributed by atoms with Crippen LogP contribution in [-0.4, -0.2) is 53.6 Å². The van der Waals surface area contributed by atoms with Gasteiger partial charge in [-0.05, 0) is 11.7 Å². The van der Waals surface area contributed by atoms with Crippen LogP contribution in [0, 0.1) is 5.41 Å². The molecule has 0 saturated carbocycles. The van der Waals surface area contributed by atoms with E-state index in [-0.39, 0.29) is 23.9 Å². The number of carbonyl (C=O) groups is 2. The lowest BCUT2D eigenvalue weighted by Gasteiger charge is -2.32. The SMILES string of the molecule is CSCCN(C)C(=O)NC(CC(=O)O)C(C)(C)C. The number of nitrogens with zero attached hydrogens (tertiary/aromatic N) is 1. The van der Waals surface area contributed by atoms with Crippen LogP contribution in [0.2, 0.25) is 0 Å². The van der Waals surface area contributed by atoms with Crippen molar-refractivity contribution >= 4 is 23.8 Å². The number of carbonyl (C=O) groups excluding carboxylic acids is 1. The number of amides is 2. The molecule has 0 heterocycles. The maximum absolute atomic E-state index is 11.9. The monoisotopic (exact) mass is 276 g/mol. The van der Waals surface area contributed by atoms with E-state index in [2.05, 4.69) is 5.32 Å². The molecule has 0 spiro atoms. The molecule has 0 aliphatic heterocycles. The summed E-state index contributed by atoms with van der Waals surface area (Å²) in [4.78, 5) is 24.3. The van der Waals surface area contributed by atoms with Crippen molar-refractivity contribution < 1.29 is 14.7 Å². The van der Waals surface area contributed by atoms with Crippen LogP contribution in [0.1, 0.15) is 27.2 Å². The van der Waals surface area contributed by atoms with E-state index in [1.807, 2.05) is 27.0 Å². The molecule has 18 heavy (non-hydrogen) atoms. The van der Waals surface area contributed by atoms with Gasteiger partial charge in [0.15, 0.2) is 0 Å². The smallest absolute Gasteiger partial charge is 0.317 e. The first-order chi connectivity index (χ1) is 8.18. The average molecular weight is 276 g/mol. The molecule has 0 aromatic rings. The Morgan fingerprint density at radius 3 is 2.33 bits per heavy atom. The van der Waals surface area contributed by atoms with Crippen LogP contribution in [0.15, 0.2) is 0 Å². The second-order valence-corrected chi connectivity index (χ2v) is 6.37. The van der Waals surface area contributed by atoms with Gasteiger partial charge in [0.25, 0.3) is 0 Å². The molecule has 0 radical (unpaired) electrons. The van der Waals surface area contributed by atoms with E-state index in [0.717, 1.165) is 5.75 Å². The van der Waals surface area contributed by atoms with Crippen molar-refractivity contribution in [3.63, 3.8) is 0 Å². The third-order valence-corrected chi connectivity index (χ3v) is 3.29. The Bertz CT molecular complexity index is 290. The highest BCUT2D eigenvalue weighted by Gasteiger charge is 2.29. The van der Waals surface area contributed by atoms with Gasteiger partial charge >= 0.3 is 12.0 Å². The van der Waals surface area contributed by atoms with Crippen molar-refractivity contribution in [2.45, 2.75) is 33.2 Å². The predicted octanol–water partition coefficient (Wildman–Crippen LogP) is 1.88. The first-order valence-electron chi connectivity index (χ1n) is 5.90. The molecule has 2 N–H and O–H groups in total. The molecule has 5 nitrogen and oxygen atoms in total. The van der Waals surface area contributed by atoms with Crippen molar-refractivity contribution in [3.8, 4) is 0 Å². The number of rotatable bonds is 6. The zero-order chi connectivity index (χ0) is 14.3. The van der Waals surface area contributed by atoms with E-state index in [1.165, 1.54) is 0 Å². The maximum Gasteiger partial charge on any atom is 0.317 e. The van der Waals surface area contributed by atoms with Crippen LogP contribution in [-0.2, 0) is 4.79 Å². The van der Waals surface area contributed by atoms with Gasteiger partial charge in [0.1, 0.15) is 0 Å². The number of hydrogen-bond acceptors (Lipinski definition) is 3. The maximum atomic E-state index is 11.9. The first kappa shape index (κ1) is 17.1. The fourth-order valence-corrected chi connectivity index (χ4v) is 1.79. The van der Waals surface area contributed by atoms with Gasteiger partial charge in [0, 0.05) is 25.4 Å². The average Bonchev–Trinajstić information content (AvgIpc) is 2.22. The van der Waals surface area contributed by atoms with Crippen LogP contribution >= 0.6 is 11.8 Å². The van der Waals surface area contributed by atoms with Gasteiger partial charge in [-0.2, -0.15) is 11.8 Å². The minimum Gasteiger partial charge on any atom is -0.481 e. The summed E-state index contributed by atoms with van der Waals surface area (Å²) in [7, 11) is 1.71. The minimum absolute atomic E-state index is 0.0639. The molecule has 6 heteroatoms. The third kappa shape index (κ3) is 6.74. The van der Waals surface area contributed by atoms with Gasteiger partial charge in [-0.25, -0.2) is 4.79 Å². The van der Waals surface area contributed by atoms with Crippen molar-refractivity contribution in [1.82, 2.24) is 10.2 Å². The fraction of sp³-hybridized carbons (Fsp3) is 0.833. The number of aliphatic carboxylic acids is 1. The molecule has 0 saturated heterocycles. The van der Waals surface area contributed by atoms with Crippen molar-refractivity contribution in [2.75, 3.05) is 25.6 Å². The summed E-state index contributed by atoms with van der Waals surface area (Å²) in [5.41, 5.74) is -0.283. The number of carboxylic acids is 1. The number of carboxylic acid groups (broad SMARTS) is 1. The largest absolute Gasteiger partial charge is 0.481 e. The third-order valence-electron chi connectivity index (χ3n) is 2.70. The first-order valence-corrected chi connectivity index (χ1v) is 7.30. The van der Waals surface area contributed by atoms with E-state index in [4.69, 9.17) is 5.11 Å². The molecule has 0 aliphatic rings. The van der Waals surface area contributed by atoms with Gasteiger partial charge < -0.3 is 15.3 Å². The summed E-state index contributed by atoms with van der Waals surface area (Å²) in [6.45, 7) is 6.41. The summed E-state index contributed by atoms with van der Waals surface area (Å²) in [6, 6.07) is -0.593. The van der Waals surface area contributed by atoms with Crippen molar-refractivity contribution in [3.05, 3.63) is 0 Å². The number of hydrogen-bond donors (Lipinski definition) is 2. The zero-order valence-corrected chi connectivity index (χ0v) is 12.6. The molecule has 0 rings (SSSR count). The Morgan fingerprint density at radius 2 is 1.94 bits per heavy atom. The number of thioether (sulfide) groups is 1. The Labute approximate surface area is 113 Å². The molecule has 2 amide bonds. The van der Waals surface area contributed by atoms with Gasteiger partial charge in [-0.15, -0.1) is 0 Å². The molecule has 1 unspecified atom stereocenters. The van der Waals surface area contributed by atoms with Crippen LogP contribution < -0.4 is 5.32 Å². The van der Waals surface area contributed by atoms with E-state index in [1.54, 1.807) is 23.7 Å². The summed E-state index contributed by atoms with van der Waals surface area (Å²) in [5.74, 6) is -0.0368. The summed E-state index contributed by atoms with van der Waals surface area (Å²) in [5, 5.41) is 11.7. The van der Waals surface area contributed by atoms with Crippen LogP contribution in [0.5, 0.6) is 0 Å². The summed E-state index contributed by atoms with van der Waals surface area (Å²) in [6.07, 6.45) is 1.92. The Kier molecular flexibility index (Phi) is 7.13. The predicted molar refractivity (Wildman–Crippen MR) is 75.0 cm³/mol. The molecule has 1 atom stereocenters. The molecular formula is C12H24N2O3S. The Balaban J connectivity index is 4.48. The normalized spacial score (nSPS) is 12.9. The molecule has 0 aromatic heterocycles.